The minimum Gasteiger partial charge on any atom is -0.367 e. The van der Waals surface area contributed by atoms with E-state index in [1.165, 1.54) is 25.7 Å². The topological polar surface area (TPSA) is 75.9 Å². The second-order valence-electron chi connectivity index (χ2n) is 4.51. The maximum Gasteiger partial charge on any atom is 0.239 e. The van der Waals surface area contributed by atoms with E-state index in [2.05, 4.69) is 27.6 Å². The number of hydrazine groups is 1. The van der Waals surface area contributed by atoms with Crippen LogP contribution in [0.3, 0.4) is 0 Å². The molecule has 0 spiro atoms. The predicted octanol–water partition coefficient (Wildman–Crippen LogP) is 1.75. The van der Waals surface area contributed by atoms with Crippen molar-refractivity contribution in [2.75, 3.05) is 10.7 Å². The smallest absolute Gasteiger partial charge is 0.239 e. The third kappa shape index (κ3) is 2.82. The van der Waals surface area contributed by atoms with Gasteiger partial charge in [0.05, 0.1) is 0 Å². The molecule has 0 atom stereocenters. The van der Waals surface area contributed by atoms with E-state index in [9.17, 15) is 0 Å². The van der Waals surface area contributed by atoms with Crippen molar-refractivity contribution in [2.24, 2.45) is 11.8 Å². The molecule has 0 amide bonds. The lowest BCUT2D eigenvalue weighted by Gasteiger charge is -2.27. The minimum atomic E-state index is 0.453. The van der Waals surface area contributed by atoms with E-state index in [0.29, 0.717) is 12.0 Å². The van der Waals surface area contributed by atoms with Crippen molar-refractivity contribution < 1.29 is 0 Å². The highest BCUT2D eigenvalue weighted by molar-refractivity contribution is 5.39. The van der Waals surface area contributed by atoms with Crippen LogP contribution in [0.1, 0.15) is 32.6 Å². The van der Waals surface area contributed by atoms with Gasteiger partial charge in [-0.15, -0.1) is 0 Å². The summed E-state index contributed by atoms with van der Waals surface area (Å²) in [4.78, 5) is 8.22. The third-order valence-electron chi connectivity index (χ3n) is 3.15. The van der Waals surface area contributed by atoms with Crippen LogP contribution < -0.4 is 16.6 Å². The molecule has 0 aromatic carbocycles. The summed E-state index contributed by atoms with van der Waals surface area (Å²) in [5.41, 5.74) is 2.45. The molecular weight excluding hydrogens is 202 g/mol. The first kappa shape index (κ1) is 11.1. The van der Waals surface area contributed by atoms with E-state index < -0.39 is 0 Å². The molecule has 1 aliphatic carbocycles. The summed E-state index contributed by atoms with van der Waals surface area (Å²) in [6, 6.07) is 2.41. The maximum absolute atomic E-state index is 5.27. The third-order valence-corrected chi connectivity index (χ3v) is 3.15. The molecule has 0 unspecified atom stereocenters. The van der Waals surface area contributed by atoms with Gasteiger partial charge in [-0.2, -0.15) is 4.98 Å². The molecule has 16 heavy (non-hydrogen) atoms. The number of hydrogen-bond donors (Lipinski definition) is 3. The van der Waals surface area contributed by atoms with Gasteiger partial charge in [0.15, 0.2) is 0 Å². The molecule has 0 radical (unpaired) electrons. The van der Waals surface area contributed by atoms with Gasteiger partial charge in [0, 0.05) is 12.2 Å². The van der Waals surface area contributed by atoms with E-state index >= 15 is 0 Å². The van der Waals surface area contributed by atoms with Crippen molar-refractivity contribution in [2.45, 2.75) is 38.6 Å². The zero-order valence-corrected chi connectivity index (χ0v) is 9.61. The minimum absolute atomic E-state index is 0.453. The standard InChI is InChI=1S/C11H19N5/c1-8-2-4-9(5-3-8)14-10-6-7-13-11(15-10)16-12/h6-9H,2-5,12H2,1H3,(H2,13,14,15,16). The Kier molecular flexibility index (Phi) is 3.56. The molecule has 1 heterocycles. The van der Waals surface area contributed by atoms with E-state index in [-0.39, 0.29) is 0 Å². The SMILES string of the molecule is CC1CCC(Nc2ccnc(NN)n2)CC1. The van der Waals surface area contributed by atoms with Crippen LogP contribution in [-0.2, 0) is 0 Å². The predicted molar refractivity (Wildman–Crippen MR) is 64.9 cm³/mol. The number of anilines is 2. The van der Waals surface area contributed by atoms with Gasteiger partial charge in [0.1, 0.15) is 5.82 Å². The van der Waals surface area contributed by atoms with Gasteiger partial charge >= 0.3 is 0 Å². The number of nitrogens with two attached hydrogens (primary N) is 1. The second-order valence-corrected chi connectivity index (χ2v) is 4.51. The monoisotopic (exact) mass is 221 g/mol. The molecule has 1 fully saturated rings. The van der Waals surface area contributed by atoms with Crippen LogP contribution >= 0.6 is 0 Å². The van der Waals surface area contributed by atoms with Crippen LogP contribution in [0.25, 0.3) is 0 Å². The molecule has 2 rings (SSSR count). The van der Waals surface area contributed by atoms with Crippen LogP contribution in [0.4, 0.5) is 11.8 Å². The molecule has 88 valence electrons. The lowest BCUT2D eigenvalue weighted by molar-refractivity contribution is 0.361. The highest BCUT2D eigenvalue weighted by atomic mass is 15.3. The van der Waals surface area contributed by atoms with E-state index in [1.54, 1.807) is 6.20 Å². The summed E-state index contributed by atoms with van der Waals surface area (Å²) >= 11 is 0. The van der Waals surface area contributed by atoms with Crippen molar-refractivity contribution in [3.8, 4) is 0 Å². The Balaban J connectivity index is 1.93. The Morgan fingerprint density at radius 2 is 2.06 bits per heavy atom. The van der Waals surface area contributed by atoms with Gasteiger partial charge in [-0.05, 0) is 37.7 Å². The fourth-order valence-corrected chi connectivity index (χ4v) is 2.12. The Hall–Kier alpha value is -1.36. The van der Waals surface area contributed by atoms with Crippen LogP contribution in [0.15, 0.2) is 12.3 Å². The molecule has 0 saturated heterocycles. The van der Waals surface area contributed by atoms with E-state index in [1.807, 2.05) is 6.07 Å². The fraction of sp³-hybridized carbons (Fsp3) is 0.636. The van der Waals surface area contributed by atoms with Crippen LogP contribution in [0, 0.1) is 5.92 Å². The van der Waals surface area contributed by atoms with Crippen molar-refractivity contribution >= 4 is 11.8 Å². The molecule has 1 saturated carbocycles. The first-order valence-corrected chi connectivity index (χ1v) is 5.84. The summed E-state index contributed by atoms with van der Waals surface area (Å²) in [5, 5.41) is 3.43. The highest BCUT2D eigenvalue weighted by Crippen LogP contribution is 2.25. The normalized spacial score (nSPS) is 25.1. The fourth-order valence-electron chi connectivity index (χ4n) is 2.12. The van der Waals surface area contributed by atoms with Crippen LogP contribution in [-0.4, -0.2) is 16.0 Å². The zero-order chi connectivity index (χ0) is 11.4. The van der Waals surface area contributed by atoms with Gasteiger partial charge in [-0.1, -0.05) is 6.92 Å². The quantitative estimate of drug-likeness (QED) is 0.535. The van der Waals surface area contributed by atoms with Gasteiger partial charge in [0.2, 0.25) is 5.95 Å². The summed E-state index contributed by atoms with van der Waals surface area (Å²) < 4.78 is 0. The average Bonchev–Trinajstić information content (AvgIpc) is 2.32. The Morgan fingerprint density at radius 3 is 2.75 bits per heavy atom. The molecule has 0 bridgehead atoms. The molecule has 5 heteroatoms. The first-order chi connectivity index (χ1) is 7.78. The molecule has 1 aliphatic rings. The largest absolute Gasteiger partial charge is 0.367 e. The van der Waals surface area contributed by atoms with Crippen molar-refractivity contribution in [1.82, 2.24) is 9.97 Å². The maximum atomic E-state index is 5.27. The number of aromatic nitrogens is 2. The molecule has 5 nitrogen and oxygen atoms in total. The Labute approximate surface area is 95.8 Å². The zero-order valence-electron chi connectivity index (χ0n) is 9.61. The van der Waals surface area contributed by atoms with Crippen LogP contribution in [0.2, 0.25) is 0 Å². The number of nitrogens with zero attached hydrogens (tertiary/aromatic N) is 2. The first-order valence-electron chi connectivity index (χ1n) is 5.84. The lowest BCUT2D eigenvalue weighted by atomic mass is 9.87. The second kappa shape index (κ2) is 5.12. The van der Waals surface area contributed by atoms with Crippen molar-refractivity contribution in [3.05, 3.63) is 12.3 Å². The highest BCUT2D eigenvalue weighted by Gasteiger charge is 2.18. The number of nitrogen functional groups attached to an aromatic ring is 1. The lowest BCUT2D eigenvalue weighted by Crippen LogP contribution is -2.25. The van der Waals surface area contributed by atoms with Crippen molar-refractivity contribution in [3.63, 3.8) is 0 Å². The molecule has 1 aromatic heterocycles. The van der Waals surface area contributed by atoms with Gasteiger partial charge < -0.3 is 5.32 Å². The molecular formula is C11H19N5. The Bertz CT molecular complexity index is 333. The molecule has 1 aromatic rings. The van der Waals surface area contributed by atoms with Gasteiger partial charge in [-0.3, -0.25) is 5.43 Å². The summed E-state index contributed by atoms with van der Waals surface area (Å²) in [5.74, 6) is 7.44. The van der Waals surface area contributed by atoms with Crippen molar-refractivity contribution in [1.29, 1.82) is 0 Å². The van der Waals surface area contributed by atoms with E-state index in [4.69, 9.17) is 5.84 Å². The average molecular weight is 221 g/mol. The number of nitrogens with one attached hydrogen (secondary N) is 2. The number of hydrogen-bond acceptors (Lipinski definition) is 5. The Morgan fingerprint density at radius 1 is 1.31 bits per heavy atom. The van der Waals surface area contributed by atoms with Crippen LogP contribution in [0.5, 0.6) is 0 Å². The van der Waals surface area contributed by atoms with E-state index in [0.717, 1.165) is 11.7 Å². The van der Waals surface area contributed by atoms with Gasteiger partial charge in [0.25, 0.3) is 0 Å². The number of rotatable bonds is 3. The molecule has 4 N–H and O–H groups in total. The van der Waals surface area contributed by atoms with Gasteiger partial charge in [-0.25, -0.2) is 10.8 Å². The molecule has 0 aliphatic heterocycles. The summed E-state index contributed by atoms with van der Waals surface area (Å²) in [6.07, 6.45) is 6.73. The summed E-state index contributed by atoms with van der Waals surface area (Å²) in [7, 11) is 0. The summed E-state index contributed by atoms with van der Waals surface area (Å²) in [6.45, 7) is 2.32.